The third-order valence-corrected chi connectivity index (χ3v) is 5.69. The molecule has 0 radical (unpaired) electrons. The number of benzene rings is 2. The van der Waals surface area contributed by atoms with Crippen molar-refractivity contribution in [3.05, 3.63) is 53.6 Å². The standard InChI is InChI=1S/C15H18O3S.C5H12.6C2H6.C2H4/c1-5-12-6-7-13-9(2)10(3)15(19(16,17)18)8-14(13)11(12)4;1-4-5(2)3;7*1-2/h6-8H,5H2,1-4H3,(H,16,17,18);5H,4H2,1-3H3;6*1-2H3;1-2H2. The summed E-state index contributed by atoms with van der Waals surface area (Å²) in [5.74, 6) is 0.884. The highest BCUT2D eigenvalue weighted by atomic mass is 32.2. The maximum Gasteiger partial charge on any atom is 0.294 e. The van der Waals surface area contributed by atoms with Gasteiger partial charge in [-0.3, -0.25) is 4.55 Å². The van der Waals surface area contributed by atoms with Gasteiger partial charge in [-0.05, 0) is 72.2 Å². The van der Waals surface area contributed by atoms with E-state index in [0.717, 1.165) is 34.2 Å². The van der Waals surface area contributed by atoms with E-state index in [1.54, 1.807) is 13.0 Å². The molecule has 2 aromatic carbocycles. The first kappa shape index (κ1) is 52.7. The number of rotatable bonds is 3. The van der Waals surface area contributed by atoms with E-state index in [1.165, 1.54) is 12.0 Å². The van der Waals surface area contributed by atoms with E-state index in [9.17, 15) is 13.0 Å². The van der Waals surface area contributed by atoms with Gasteiger partial charge in [0.25, 0.3) is 10.1 Å². The van der Waals surface area contributed by atoms with Crippen LogP contribution in [0.5, 0.6) is 0 Å². The molecule has 0 amide bonds. The first-order chi connectivity index (χ1) is 18.0. The zero-order chi connectivity index (χ0) is 32.7. The van der Waals surface area contributed by atoms with Crippen molar-refractivity contribution in [2.45, 2.75) is 149 Å². The zero-order valence-corrected chi connectivity index (χ0v) is 30.1. The molecule has 0 aromatic heterocycles. The summed E-state index contributed by atoms with van der Waals surface area (Å²) in [7, 11) is -4.18. The van der Waals surface area contributed by atoms with Gasteiger partial charge >= 0.3 is 0 Å². The molecular weight excluding hydrogens is 488 g/mol. The van der Waals surface area contributed by atoms with Crippen LogP contribution in [0, 0.1) is 26.7 Å². The van der Waals surface area contributed by atoms with Crippen LogP contribution in [0.4, 0.5) is 0 Å². The van der Waals surface area contributed by atoms with Crippen molar-refractivity contribution < 1.29 is 13.0 Å². The molecule has 0 atom stereocenters. The molecule has 2 aromatic rings. The van der Waals surface area contributed by atoms with E-state index in [4.69, 9.17) is 0 Å². The monoisotopic (exact) mass is 559 g/mol. The minimum Gasteiger partial charge on any atom is -0.282 e. The van der Waals surface area contributed by atoms with E-state index < -0.39 is 10.1 Å². The van der Waals surface area contributed by atoms with Crippen LogP contribution in [0.3, 0.4) is 0 Å². The van der Waals surface area contributed by atoms with Gasteiger partial charge in [0.2, 0.25) is 0 Å². The average Bonchev–Trinajstić information content (AvgIpc) is 2.98. The van der Waals surface area contributed by atoms with E-state index in [0.29, 0.717) is 5.56 Å². The first-order valence-electron chi connectivity index (χ1n) is 15.0. The molecule has 0 unspecified atom stereocenters. The minimum absolute atomic E-state index is 0.00820. The maximum atomic E-state index is 11.5. The summed E-state index contributed by atoms with van der Waals surface area (Å²) < 4.78 is 32.3. The van der Waals surface area contributed by atoms with E-state index in [1.807, 2.05) is 103 Å². The molecule has 3 nitrogen and oxygen atoms in total. The van der Waals surface area contributed by atoms with Gasteiger partial charge in [-0.2, -0.15) is 8.42 Å². The van der Waals surface area contributed by atoms with Crippen molar-refractivity contribution in [2.24, 2.45) is 5.92 Å². The molecule has 0 bridgehead atoms. The predicted molar refractivity (Wildman–Crippen MR) is 182 cm³/mol. The van der Waals surface area contributed by atoms with E-state index in [-0.39, 0.29) is 4.90 Å². The summed E-state index contributed by atoms with van der Waals surface area (Å²) in [6.07, 6.45) is 2.20. The fourth-order valence-electron chi connectivity index (χ4n) is 2.56. The highest BCUT2D eigenvalue weighted by Gasteiger charge is 2.18. The Balaban J connectivity index is -0.0000000848. The normalized spacial score (nSPS) is 8.34. The van der Waals surface area contributed by atoms with Crippen LogP contribution in [0.1, 0.15) is 139 Å². The Morgan fingerprint density at radius 2 is 1.03 bits per heavy atom. The van der Waals surface area contributed by atoms with Gasteiger partial charge < -0.3 is 0 Å². The quantitative estimate of drug-likeness (QED) is 0.301. The Kier molecular flexibility index (Phi) is 52.0. The summed E-state index contributed by atoms with van der Waals surface area (Å²) in [5.41, 5.74) is 3.78. The Labute approximate surface area is 242 Å². The second kappa shape index (κ2) is 37.5. The van der Waals surface area contributed by atoms with Gasteiger partial charge in [-0.25, -0.2) is 0 Å². The van der Waals surface area contributed by atoms with Crippen LogP contribution in [0.25, 0.3) is 10.8 Å². The molecular formula is C34H70O3S. The number of aryl methyl sites for hydroxylation is 3. The summed E-state index contributed by atoms with van der Waals surface area (Å²) in [6.45, 7) is 44.3. The van der Waals surface area contributed by atoms with Gasteiger partial charge in [0, 0.05) is 0 Å². The lowest BCUT2D eigenvalue weighted by Crippen LogP contribution is -2.03. The summed E-state index contributed by atoms with van der Waals surface area (Å²) in [4.78, 5) is 0.00820. The van der Waals surface area contributed by atoms with E-state index in [2.05, 4.69) is 46.9 Å². The van der Waals surface area contributed by atoms with E-state index >= 15 is 0 Å². The molecule has 0 aliphatic rings. The Bertz CT molecular complexity index is 837. The van der Waals surface area contributed by atoms with Crippen LogP contribution < -0.4 is 0 Å². The molecule has 0 spiro atoms. The van der Waals surface area contributed by atoms with Crippen molar-refractivity contribution in [3.8, 4) is 0 Å². The molecule has 0 saturated heterocycles. The van der Waals surface area contributed by atoms with Gasteiger partial charge in [0.1, 0.15) is 0 Å². The van der Waals surface area contributed by atoms with Crippen LogP contribution in [0.15, 0.2) is 36.3 Å². The lowest BCUT2D eigenvalue weighted by atomic mass is 9.94. The van der Waals surface area contributed by atoms with Gasteiger partial charge in [-0.1, -0.05) is 129 Å². The molecule has 0 aliphatic carbocycles. The maximum absolute atomic E-state index is 11.5. The Morgan fingerprint density at radius 3 is 1.29 bits per heavy atom. The molecule has 0 fully saturated rings. The lowest BCUT2D eigenvalue weighted by molar-refractivity contribution is 0.482. The minimum atomic E-state index is -4.18. The van der Waals surface area contributed by atoms with Gasteiger partial charge in [-0.15, -0.1) is 13.2 Å². The second-order valence-electron chi connectivity index (χ2n) is 6.70. The van der Waals surface area contributed by atoms with Crippen LogP contribution in [-0.4, -0.2) is 13.0 Å². The molecule has 2 rings (SSSR count). The van der Waals surface area contributed by atoms with Crippen molar-refractivity contribution in [1.82, 2.24) is 0 Å². The Hall–Kier alpha value is -1.65. The molecule has 1 N–H and O–H groups in total. The number of hydrogen-bond donors (Lipinski definition) is 1. The SMILES string of the molecule is C=C.CC.CC.CC.CC.CC.CC.CCC(C)C.CCc1ccc2c(C)c(C)c(S(=O)(=O)O)cc2c1C. The lowest BCUT2D eigenvalue weighted by Gasteiger charge is -2.14. The smallest absolute Gasteiger partial charge is 0.282 e. The number of hydrogen-bond acceptors (Lipinski definition) is 2. The fourth-order valence-corrected chi connectivity index (χ4v) is 3.37. The van der Waals surface area contributed by atoms with Crippen LogP contribution in [0.2, 0.25) is 0 Å². The predicted octanol–water partition coefficient (Wildman–Crippen LogP) is 12.6. The van der Waals surface area contributed by atoms with Crippen molar-refractivity contribution in [3.63, 3.8) is 0 Å². The van der Waals surface area contributed by atoms with Gasteiger partial charge in [0.05, 0.1) is 4.90 Å². The number of fused-ring (bicyclic) bond motifs is 1. The van der Waals surface area contributed by atoms with Gasteiger partial charge in [0.15, 0.2) is 0 Å². The highest BCUT2D eigenvalue weighted by Crippen LogP contribution is 2.31. The van der Waals surface area contributed by atoms with Crippen molar-refractivity contribution in [1.29, 1.82) is 0 Å². The third kappa shape index (κ3) is 22.3. The summed E-state index contributed by atoms with van der Waals surface area (Å²) in [5, 5.41) is 1.94. The average molecular weight is 559 g/mol. The third-order valence-electron chi connectivity index (χ3n) is 4.71. The van der Waals surface area contributed by atoms with Crippen molar-refractivity contribution in [2.75, 3.05) is 0 Å². The van der Waals surface area contributed by atoms with Crippen molar-refractivity contribution >= 4 is 20.9 Å². The molecule has 38 heavy (non-hydrogen) atoms. The highest BCUT2D eigenvalue weighted by molar-refractivity contribution is 7.85. The van der Waals surface area contributed by atoms with Crippen LogP contribution in [-0.2, 0) is 16.5 Å². The summed E-state index contributed by atoms with van der Waals surface area (Å²) >= 11 is 0. The largest absolute Gasteiger partial charge is 0.294 e. The molecule has 0 saturated carbocycles. The fraction of sp³-hybridized carbons (Fsp3) is 0.647. The topological polar surface area (TPSA) is 54.4 Å². The first-order valence-corrected chi connectivity index (χ1v) is 16.5. The zero-order valence-electron chi connectivity index (χ0n) is 29.3. The summed E-state index contributed by atoms with van der Waals surface area (Å²) in [6, 6.07) is 5.69. The molecule has 230 valence electrons. The Morgan fingerprint density at radius 1 is 0.684 bits per heavy atom. The molecule has 0 heterocycles. The molecule has 4 heteroatoms. The molecule has 0 aliphatic heterocycles. The second-order valence-corrected chi connectivity index (χ2v) is 8.09. The van der Waals surface area contributed by atoms with Crippen LogP contribution >= 0.6 is 0 Å².